The van der Waals surface area contributed by atoms with Crippen LogP contribution in [0, 0.1) is 0 Å². The van der Waals surface area contributed by atoms with Crippen molar-refractivity contribution in [1.82, 2.24) is 10.2 Å². The van der Waals surface area contributed by atoms with Crippen molar-refractivity contribution in [2.75, 3.05) is 19.7 Å². The molecule has 0 aliphatic carbocycles. The highest BCUT2D eigenvalue weighted by Gasteiger charge is 2.17. The summed E-state index contributed by atoms with van der Waals surface area (Å²) in [5.41, 5.74) is 4.58. The van der Waals surface area contributed by atoms with E-state index in [2.05, 4.69) is 11.4 Å². The molecule has 29 heavy (non-hydrogen) atoms. The monoisotopic (exact) mass is 414 g/mol. The van der Waals surface area contributed by atoms with Gasteiger partial charge in [0.05, 0.1) is 6.61 Å². The SMILES string of the molecule is CCOC(=O)CN(Cc1ccccc1)C(=O)/C=C/c1cccc2c1CCNC2.Cl. The molecule has 2 aromatic carbocycles. The Morgan fingerprint density at radius 3 is 2.69 bits per heavy atom. The standard InChI is InChI=1S/C23H26N2O3.ClH/c1-2-28-23(27)17-25(16-18-7-4-3-5-8-18)22(26)12-11-19-9-6-10-20-15-24-14-13-21(19)20;/h3-12,24H,2,13-17H2,1H3;1H/b12-11+;. The zero-order chi connectivity index (χ0) is 19.8. The number of esters is 1. The Morgan fingerprint density at radius 1 is 1.14 bits per heavy atom. The first kappa shape index (κ1) is 22.7. The van der Waals surface area contributed by atoms with Gasteiger partial charge in [0.25, 0.3) is 0 Å². The van der Waals surface area contributed by atoms with E-state index in [1.807, 2.05) is 48.5 Å². The van der Waals surface area contributed by atoms with E-state index >= 15 is 0 Å². The minimum atomic E-state index is -0.400. The summed E-state index contributed by atoms with van der Waals surface area (Å²) in [7, 11) is 0. The molecule has 0 atom stereocenters. The summed E-state index contributed by atoms with van der Waals surface area (Å²) >= 11 is 0. The third-order valence-corrected chi connectivity index (χ3v) is 4.74. The van der Waals surface area contributed by atoms with Crippen molar-refractivity contribution in [2.24, 2.45) is 0 Å². The van der Waals surface area contributed by atoms with Crippen molar-refractivity contribution in [1.29, 1.82) is 0 Å². The first-order chi connectivity index (χ1) is 13.7. The maximum Gasteiger partial charge on any atom is 0.325 e. The molecule has 0 fully saturated rings. The summed E-state index contributed by atoms with van der Waals surface area (Å²) in [6, 6.07) is 15.8. The maximum absolute atomic E-state index is 12.8. The average molecular weight is 415 g/mol. The Bertz CT molecular complexity index is 852. The molecule has 5 nitrogen and oxygen atoms in total. The van der Waals surface area contributed by atoms with Crippen LogP contribution in [0.4, 0.5) is 0 Å². The van der Waals surface area contributed by atoms with Gasteiger partial charge in [0, 0.05) is 19.2 Å². The number of rotatable bonds is 7. The van der Waals surface area contributed by atoms with Crippen LogP contribution in [0.25, 0.3) is 6.08 Å². The number of nitrogens with one attached hydrogen (secondary N) is 1. The Balaban J connectivity index is 0.00000300. The molecule has 154 valence electrons. The average Bonchev–Trinajstić information content (AvgIpc) is 2.72. The van der Waals surface area contributed by atoms with Crippen LogP contribution in [-0.2, 0) is 33.8 Å². The Hall–Kier alpha value is -2.63. The summed E-state index contributed by atoms with van der Waals surface area (Å²) in [5, 5.41) is 3.36. The van der Waals surface area contributed by atoms with Crippen molar-refractivity contribution in [2.45, 2.75) is 26.4 Å². The highest BCUT2D eigenvalue weighted by atomic mass is 35.5. The lowest BCUT2D eigenvalue weighted by molar-refractivity contribution is -0.148. The molecule has 3 rings (SSSR count). The van der Waals surface area contributed by atoms with Gasteiger partial charge >= 0.3 is 5.97 Å². The van der Waals surface area contributed by atoms with Gasteiger partial charge in [-0.3, -0.25) is 9.59 Å². The molecule has 0 saturated heterocycles. The van der Waals surface area contributed by atoms with Crippen LogP contribution < -0.4 is 5.32 Å². The van der Waals surface area contributed by atoms with Crippen LogP contribution in [0.2, 0.25) is 0 Å². The first-order valence-corrected chi connectivity index (χ1v) is 9.65. The quantitative estimate of drug-likeness (QED) is 0.557. The molecule has 0 spiro atoms. The summed E-state index contributed by atoms with van der Waals surface area (Å²) in [5.74, 6) is -0.605. The van der Waals surface area contributed by atoms with E-state index in [9.17, 15) is 9.59 Å². The maximum atomic E-state index is 12.8. The van der Waals surface area contributed by atoms with Crippen LogP contribution in [-0.4, -0.2) is 36.5 Å². The van der Waals surface area contributed by atoms with Crippen LogP contribution in [0.3, 0.4) is 0 Å². The minimum Gasteiger partial charge on any atom is -0.465 e. The topological polar surface area (TPSA) is 58.6 Å². The Morgan fingerprint density at radius 2 is 1.93 bits per heavy atom. The molecule has 1 N–H and O–H groups in total. The molecule has 0 saturated carbocycles. The fourth-order valence-electron chi connectivity index (χ4n) is 3.36. The number of hydrogen-bond donors (Lipinski definition) is 1. The second kappa shape index (κ2) is 11.4. The molecule has 1 amide bonds. The van der Waals surface area contributed by atoms with Crippen molar-refractivity contribution in [3.63, 3.8) is 0 Å². The summed E-state index contributed by atoms with van der Waals surface area (Å²) in [4.78, 5) is 26.3. The van der Waals surface area contributed by atoms with Gasteiger partial charge in [0.2, 0.25) is 5.91 Å². The van der Waals surface area contributed by atoms with E-state index in [0.717, 1.165) is 30.6 Å². The number of amides is 1. The largest absolute Gasteiger partial charge is 0.465 e. The number of benzene rings is 2. The molecule has 0 radical (unpaired) electrons. The van der Waals surface area contributed by atoms with E-state index in [1.165, 1.54) is 16.0 Å². The number of fused-ring (bicyclic) bond motifs is 1. The molecular weight excluding hydrogens is 388 g/mol. The van der Waals surface area contributed by atoms with Crippen LogP contribution in [0.5, 0.6) is 0 Å². The summed E-state index contributed by atoms with van der Waals surface area (Å²) < 4.78 is 5.03. The van der Waals surface area contributed by atoms with Crippen molar-refractivity contribution in [3.05, 3.63) is 76.9 Å². The van der Waals surface area contributed by atoms with Crippen molar-refractivity contribution >= 4 is 30.4 Å². The Labute approximate surface area is 178 Å². The number of carbonyl (C=O) groups excluding carboxylic acids is 2. The van der Waals surface area contributed by atoms with E-state index in [4.69, 9.17) is 4.74 Å². The zero-order valence-corrected chi connectivity index (χ0v) is 17.4. The highest BCUT2D eigenvalue weighted by Crippen LogP contribution is 2.20. The molecule has 2 aromatic rings. The Kier molecular flexibility index (Phi) is 8.90. The van der Waals surface area contributed by atoms with Gasteiger partial charge in [0.15, 0.2) is 0 Å². The highest BCUT2D eigenvalue weighted by molar-refractivity contribution is 5.94. The molecular formula is C23H27ClN2O3. The molecule has 1 aliphatic rings. The predicted octanol–water partition coefficient (Wildman–Crippen LogP) is 3.36. The van der Waals surface area contributed by atoms with Gasteiger partial charge in [-0.05, 0) is 48.2 Å². The van der Waals surface area contributed by atoms with Crippen LogP contribution in [0.1, 0.15) is 29.2 Å². The first-order valence-electron chi connectivity index (χ1n) is 9.65. The van der Waals surface area contributed by atoms with Gasteiger partial charge in [-0.15, -0.1) is 12.4 Å². The number of ether oxygens (including phenoxy) is 1. The van der Waals surface area contributed by atoms with Crippen LogP contribution >= 0.6 is 12.4 Å². The van der Waals surface area contributed by atoms with Gasteiger partial charge < -0.3 is 15.0 Å². The second-order valence-electron chi connectivity index (χ2n) is 6.73. The van der Waals surface area contributed by atoms with E-state index in [-0.39, 0.29) is 24.9 Å². The van der Waals surface area contributed by atoms with Gasteiger partial charge in [-0.25, -0.2) is 0 Å². The normalized spacial score (nSPS) is 12.7. The zero-order valence-electron chi connectivity index (χ0n) is 16.6. The number of nitrogens with zero attached hydrogens (tertiary/aromatic N) is 1. The molecule has 0 bridgehead atoms. The minimum absolute atomic E-state index is 0. The van der Waals surface area contributed by atoms with Gasteiger partial charge in [-0.2, -0.15) is 0 Å². The summed E-state index contributed by atoms with van der Waals surface area (Å²) in [6.07, 6.45) is 4.36. The smallest absolute Gasteiger partial charge is 0.325 e. The molecule has 1 heterocycles. The van der Waals surface area contributed by atoms with E-state index < -0.39 is 5.97 Å². The van der Waals surface area contributed by atoms with Gasteiger partial charge in [0.1, 0.15) is 6.54 Å². The molecule has 0 aromatic heterocycles. The lowest BCUT2D eigenvalue weighted by Crippen LogP contribution is -2.35. The number of carbonyl (C=O) groups is 2. The fraction of sp³-hybridized carbons (Fsp3) is 0.304. The molecule has 6 heteroatoms. The van der Waals surface area contributed by atoms with Crippen molar-refractivity contribution < 1.29 is 14.3 Å². The predicted molar refractivity (Wildman–Crippen MR) is 117 cm³/mol. The van der Waals surface area contributed by atoms with E-state index in [0.29, 0.717) is 13.2 Å². The summed E-state index contributed by atoms with van der Waals surface area (Å²) in [6.45, 7) is 4.14. The second-order valence-corrected chi connectivity index (χ2v) is 6.73. The lowest BCUT2D eigenvalue weighted by Gasteiger charge is -2.21. The van der Waals surface area contributed by atoms with Gasteiger partial charge in [-0.1, -0.05) is 48.5 Å². The number of hydrogen-bond acceptors (Lipinski definition) is 4. The van der Waals surface area contributed by atoms with E-state index in [1.54, 1.807) is 13.0 Å². The fourth-order valence-corrected chi connectivity index (χ4v) is 3.36. The van der Waals surface area contributed by atoms with Crippen LogP contribution in [0.15, 0.2) is 54.6 Å². The van der Waals surface area contributed by atoms with Crippen molar-refractivity contribution in [3.8, 4) is 0 Å². The lowest BCUT2D eigenvalue weighted by atomic mass is 9.95. The number of halogens is 1. The molecule has 1 aliphatic heterocycles. The molecule has 0 unspecified atom stereocenters. The third kappa shape index (κ3) is 6.44. The third-order valence-electron chi connectivity index (χ3n) is 4.74.